The number of hydrogen-bond donors (Lipinski definition) is 1. The number of carbonyl (C=O) groups is 3. The summed E-state index contributed by atoms with van der Waals surface area (Å²) in [5.41, 5.74) is 2.07. The summed E-state index contributed by atoms with van der Waals surface area (Å²) < 4.78 is 5.39. The molecule has 1 fully saturated rings. The third-order valence-corrected chi connectivity index (χ3v) is 4.90. The van der Waals surface area contributed by atoms with Crippen molar-refractivity contribution < 1.29 is 19.1 Å². The highest BCUT2D eigenvalue weighted by Crippen LogP contribution is 2.29. The van der Waals surface area contributed by atoms with Crippen molar-refractivity contribution in [3.63, 3.8) is 0 Å². The van der Waals surface area contributed by atoms with Gasteiger partial charge < -0.3 is 15.0 Å². The lowest BCUT2D eigenvalue weighted by Gasteiger charge is -2.25. The Hall–Kier alpha value is -3.35. The van der Waals surface area contributed by atoms with E-state index in [4.69, 9.17) is 4.74 Å². The van der Waals surface area contributed by atoms with E-state index in [1.54, 1.807) is 42.5 Å². The van der Waals surface area contributed by atoms with Gasteiger partial charge >= 0.3 is 6.03 Å². The van der Waals surface area contributed by atoms with Crippen LogP contribution >= 0.6 is 0 Å². The Morgan fingerprint density at radius 1 is 1.13 bits per heavy atom. The molecule has 2 aromatic rings. The molecular formula is C23H27N3O4. The van der Waals surface area contributed by atoms with Crippen LogP contribution in [0, 0.1) is 6.92 Å². The van der Waals surface area contributed by atoms with Gasteiger partial charge in [-0.15, -0.1) is 0 Å². The summed E-state index contributed by atoms with van der Waals surface area (Å²) in [6.07, 6.45) is -0.113. The minimum absolute atomic E-state index is 0.113. The number of aryl methyl sites for hydroxylation is 1. The van der Waals surface area contributed by atoms with Crippen molar-refractivity contribution in [2.75, 3.05) is 16.8 Å². The SMILES string of the molecule is CCOc1ccc(NC(=O)C[C@H]2C(=O)N(c3cccc(C)c3)C(=O)N2C(C)C)cc1. The summed E-state index contributed by atoms with van der Waals surface area (Å²) in [5, 5.41) is 2.79. The van der Waals surface area contributed by atoms with Gasteiger partial charge in [0.05, 0.1) is 18.7 Å². The van der Waals surface area contributed by atoms with Crippen LogP contribution in [-0.2, 0) is 9.59 Å². The number of nitrogens with zero attached hydrogens (tertiary/aromatic N) is 2. The fourth-order valence-electron chi connectivity index (χ4n) is 3.57. The van der Waals surface area contributed by atoms with Gasteiger partial charge in [-0.1, -0.05) is 12.1 Å². The number of anilines is 2. The molecule has 1 saturated heterocycles. The lowest BCUT2D eigenvalue weighted by atomic mass is 10.1. The van der Waals surface area contributed by atoms with Gasteiger partial charge in [-0.3, -0.25) is 9.59 Å². The largest absolute Gasteiger partial charge is 0.494 e. The first-order valence-electron chi connectivity index (χ1n) is 10.1. The molecular weight excluding hydrogens is 382 g/mol. The van der Waals surface area contributed by atoms with E-state index in [0.29, 0.717) is 23.7 Å². The summed E-state index contributed by atoms with van der Waals surface area (Å²) in [6.45, 7) is 8.03. The zero-order valence-corrected chi connectivity index (χ0v) is 17.7. The summed E-state index contributed by atoms with van der Waals surface area (Å²) in [7, 11) is 0. The number of urea groups is 1. The van der Waals surface area contributed by atoms with Crippen molar-refractivity contribution in [2.24, 2.45) is 0 Å². The van der Waals surface area contributed by atoms with Crippen LogP contribution in [0.3, 0.4) is 0 Å². The van der Waals surface area contributed by atoms with Crippen molar-refractivity contribution in [3.05, 3.63) is 54.1 Å². The molecule has 0 aromatic heterocycles. The lowest BCUT2D eigenvalue weighted by molar-refractivity contribution is -0.124. The molecule has 1 aliphatic rings. The number of carbonyl (C=O) groups excluding carboxylic acids is 3. The van der Waals surface area contributed by atoms with E-state index in [-0.39, 0.29) is 24.3 Å². The number of nitrogens with one attached hydrogen (secondary N) is 1. The summed E-state index contributed by atoms with van der Waals surface area (Å²) >= 11 is 0. The van der Waals surface area contributed by atoms with E-state index in [9.17, 15) is 14.4 Å². The number of benzene rings is 2. The number of rotatable bonds is 7. The Morgan fingerprint density at radius 3 is 2.43 bits per heavy atom. The van der Waals surface area contributed by atoms with Crippen LogP contribution in [0.25, 0.3) is 0 Å². The zero-order valence-electron chi connectivity index (χ0n) is 17.7. The van der Waals surface area contributed by atoms with Crippen LogP contribution in [0.1, 0.15) is 32.8 Å². The Labute approximate surface area is 176 Å². The molecule has 2 aromatic carbocycles. The number of ether oxygens (including phenoxy) is 1. The highest BCUT2D eigenvalue weighted by molar-refractivity contribution is 6.22. The predicted molar refractivity (Wildman–Crippen MR) is 116 cm³/mol. The van der Waals surface area contributed by atoms with Gasteiger partial charge in [0.25, 0.3) is 5.91 Å². The second kappa shape index (κ2) is 8.98. The fraction of sp³-hybridized carbons (Fsp3) is 0.348. The molecule has 1 heterocycles. The lowest BCUT2D eigenvalue weighted by Crippen LogP contribution is -2.42. The molecule has 0 spiro atoms. The molecule has 30 heavy (non-hydrogen) atoms. The first-order valence-corrected chi connectivity index (χ1v) is 10.1. The topological polar surface area (TPSA) is 79.0 Å². The van der Waals surface area contributed by atoms with E-state index in [0.717, 1.165) is 5.56 Å². The van der Waals surface area contributed by atoms with E-state index < -0.39 is 12.1 Å². The first-order chi connectivity index (χ1) is 14.3. The molecule has 0 saturated carbocycles. The van der Waals surface area contributed by atoms with E-state index in [1.165, 1.54) is 9.80 Å². The minimum atomic E-state index is -0.847. The number of amides is 4. The molecule has 7 heteroatoms. The smallest absolute Gasteiger partial charge is 0.332 e. The standard InChI is InChI=1S/C23H27N3O4/c1-5-30-19-11-9-17(10-12-19)24-21(27)14-20-22(28)26(23(29)25(20)15(2)3)18-8-6-7-16(4)13-18/h6-13,15,20H,5,14H2,1-4H3,(H,24,27)/t20-/m0/s1. The van der Waals surface area contributed by atoms with Crippen molar-refractivity contribution in [1.29, 1.82) is 0 Å². The maximum atomic E-state index is 13.1. The second-order valence-electron chi connectivity index (χ2n) is 7.52. The van der Waals surface area contributed by atoms with E-state index in [2.05, 4.69) is 5.32 Å². The Kier molecular flexibility index (Phi) is 6.40. The van der Waals surface area contributed by atoms with Gasteiger partial charge in [0.15, 0.2) is 0 Å². The summed E-state index contributed by atoms with van der Waals surface area (Å²) in [6, 6.07) is 12.8. The van der Waals surface area contributed by atoms with Gasteiger partial charge in [-0.2, -0.15) is 0 Å². The maximum Gasteiger partial charge on any atom is 0.332 e. The monoisotopic (exact) mass is 409 g/mol. The highest BCUT2D eigenvalue weighted by Gasteiger charge is 2.47. The molecule has 158 valence electrons. The van der Waals surface area contributed by atoms with Crippen LogP contribution in [0.5, 0.6) is 5.75 Å². The zero-order chi connectivity index (χ0) is 21.8. The Morgan fingerprint density at radius 2 is 1.83 bits per heavy atom. The minimum Gasteiger partial charge on any atom is -0.494 e. The third kappa shape index (κ3) is 4.45. The van der Waals surface area contributed by atoms with Crippen LogP contribution in [0.2, 0.25) is 0 Å². The number of imide groups is 1. The Bertz CT molecular complexity index is 940. The van der Waals surface area contributed by atoms with Crippen molar-refractivity contribution in [3.8, 4) is 5.75 Å². The van der Waals surface area contributed by atoms with Gasteiger partial charge in [0, 0.05) is 11.7 Å². The van der Waals surface area contributed by atoms with E-state index >= 15 is 0 Å². The molecule has 7 nitrogen and oxygen atoms in total. The average Bonchev–Trinajstić information content (AvgIpc) is 2.93. The fourth-order valence-corrected chi connectivity index (χ4v) is 3.57. The highest BCUT2D eigenvalue weighted by atomic mass is 16.5. The molecule has 3 rings (SSSR count). The van der Waals surface area contributed by atoms with Crippen LogP contribution in [0.15, 0.2) is 48.5 Å². The molecule has 1 atom stereocenters. The molecule has 1 aliphatic heterocycles. The van der Waals surface area contributed by atoms with Gasteiger partial charge in [0.2, 0.25) is 5.91 Å². The first kappa shape index (κ1) is 21.4. The number of hydrogen-bond acceptors (Lipinski definition) is 4. The van der Waals surface area contributed by atoms with Gasteiger partial charge in [0.1, 0.15) is 11.8 Å². The maximum absolute atomic E-state index is 13.1. The second-order valence-corrected chi connectivity index (χ2v) is 7.52. The average molecular weight is 409 g/mol. The van der Waals surface area contributed by atoms with Crippen LogP contribution < -0.4 is 15.0 Å². The van der Waals surface area contributed by atoms with Gasteiger partial charge in [-0.05, 0) is 69.7 Å². The van der Waals surface area contributed by atoms with Crippen LogP contribution in [-0.4, -0.2) is 41.4 Å². The molecule has 0 unspecified atom stereocenters. The molecule has 1 N–H and O–H groups in total. The summed E-state index contributed by atoms with van der Waals surface area (Å²) in [4.78, 5) is 41.4. The Balaban J connectivity index is 1.76. The molecule has 4 amide bonds. The normalized spacial score (nSPS) is 16.4. The summed E-state index contributed by atoms with van der Waals surface area (Å²) in [5.74, 6) is -0.00459. The van der Waals surface area contributed by atoms with Crippen molar-refractivity contribution in [2.45, 2.75) is 46.2 Å². The van der Waals surface area contributed by atoms with E-state index in [1.807, 2.05) is 33.8 Å². The quantitative estimate of drug-likeness (QED) is 0.702. The van der Waals surface area contributed by atoms with Crippen molar-refractivity contribution in [1.82, 2.24) is 4.90 Å². The van der Waals surface area contributed by atoms with Crippen LogP contribution in [0.4, 0.5) is 16.2 Å². The molecule has 0 bridgehead atoms. The van der Waals surface area contributed by atoms with Gasteiger partial charge in [-0.25, -0.2) is 9.69 Å². The molecule has 0 radical (unpaired) electrons. The molecule has 0 aliphatic carbocycles. The third-order valence-electron chi connectivity index (χ3n) is 4.90. The predicted octanol–water partition coefficient (Wildman–Crippen LogP) is 3.97. The van der Waals surface area contributed by atoms with Crippen molar-refractivity contribution >= 4 is 29.2 Å².